The normalized spacial score (nSPS) is 12.3. The Balaban J connectivity index is 1.62. The highest BCUT2D eigenvalue weighted by atomic mass is 35.5. The van der Waals surface area contributed by atoms with Gasteiger partial charge in [0.25, 0.3) is 11.8 Å². The third kappa shape index (κ3) is 7.32. The van der Waals surface area contributed by atoms with Crippen LogP contribution in [0.1, 0.15) is 43.7 Å². The van der Waals surface area contributed by atoms with Crippen LogP contribution >= 0.6 is 22.9 Å². The topological polar surface area (TPSA) is 125 Å². The van der Waals surface area contributed by atoms with Crippen molar-refractivity contribution in [3.8, 4) is 0 Å². The predicted molar refractivity (Wildman–Crippen MR) is 129 cm³/mol. The first-order valence-corrected chi connectivity index (χ1v) is 11.6. The van der Waals surface area contributed by atoms with E-state index in [9.17, 15) is 22.8 Å². The van der Waals surface area contributed by atoms with Gasteiger partial charge in [0.05, 0.1) is 22.8 Å². The van der Waals surface area contributed by atoms with E-state index >= 15 is 0 Å². The lowest BCUT2D eigenvalue weighted by Gasteiger charge is -2.12. The number of pyridine rings is 1. The average molecular weight is 543 g/mol. The summed E-state index contributed by atoms with van der Waals surface area (Å²) in [6, 6.07) is 1.60. The SMILES string of the molecule is CC(NC(=O)c1cc(NCCN(C)C)ncn1)c1ncc(C(=O)Nc2cc(C(F)(F)F)c(Cl)cn2)s1. The zero-order valence-electron chi connectivity index (χ0n) is 19.4. The van der Waals surface area contributed by atoms with E-state index in [0.717, 1.165) is 24.1 Å². The number of likely N-dealkylation sites (N-methyl/N-ethyl adjacent to an activating group) is 1. The molecule has 1 unspecified atom stereocenters. The second-order valence-electron chi connectivity index (χ2n) is 7.78. The van der Waals surface area contributed by atoms with Gasteiger partial charge in [0.15, 0.2) is 0 Å². The summed E-state index contributed by atoms with van der Waals surface area (Å²) in [6.45, 7) is 3.08. The van der Waals surface area contributed by atoms with E-state index in [0.29, 0.717) is 23.4 Å². The fraction of sp³-hybridized carbons (Fsp3) is 0.333. The number of thiazole rings is 1. The van der Waals surface area contributed by atoms with Gasteiger partial charge in [-0.3, -0.25) is 9.59 Å². The van der Waals surface area contributed by atoms with Crippen LogP contribution < -0.4 is 16.0 Å². The van der Waals surface area contributed by atoms with Gasteiger partial charge in [0.1, 0.15) is 33.5 Å². The summed E-state index contributed by atoms with van der Waals surface area (Å²) < 4.78 is 39.1. The molecule has 0 saturated carbocycles. The highest BCUT2D eigenvalue weighted by Gasteiger charge is 2.34. The molecule has 0 aliphatic rings. The zero-order chi connectivity index (χ0) is 26.5. The highest BCUT2D eigenvalue weighted by Crippen LogP contribution is 2.35. The van der Waals surface area contributed by atoms with Gasteiger partial charge in [0.2, 0.25) is 0 Å². The molecular formula is C21H22ClF3N8O2S. The number of rotatable bonds is 9. The maximum absolute atomic E-state index is 13.0. The number of hydrogen-bond acceptors (Lipinski definition) is 9. The first-order valence-electron chi connectivity index (χ1n) is 10.5. The smallest absolute Gasteiger partial charge is 0.369 e. The Morgan fingerprint density at radius 1 is 1.08 bits per heavy atom. The molecule has 0 aromatic carbocycles. The van der Waals surface area contributed by atoms with Gasteiger partial charge in [-0.2, -0.15) is 13.2 Å². The number of amides is 2. The molecule has 0 radical (unpaired) electrons. The molecule has 36 heavy (non-hydrogen) atoms. The number of halogens is 4. The summed E-state index contributed by atoms with van der Waals surface area (Å²) in [4.78, 5) is 43.2. The largest absolute Gasteiger partial charge is 0.418 e. The van der Waals surface area contributed by atoms with E-state index in [1.807, 2.05) is 19.0 Å². The van der Waals surface area contributed by atoms with Gasteiger partial charge >= 0.3 is 6.18 Å². The number of alkyl halides is 3. The van der Waals surface area contributed by atoms with Crippen LogP contribution in [0.15, 0.2) is 30.9 Å². The van der Waals surface area contributed by atoms with Gasteiger partial charge in [-0.05, 0) is 27.1 Å². The standard InChI is InChI=1S/C21H22ClF3N8O2S/c1-11(31-18(34)14-7-16(30-10-29-14)26-4-5-33(2)3)20-28-9-15(36-20)19(35)32-17-6-12(21(23,24)25)13(22)8-27-17/h6-11H,4-5H2,1-3H3,(H,31,34)(H,26,29,30)(H,27,32,35). The van der Waals surface area contributed by atoms with Crippen LogP contribution in [-0.4, -0.2) is 63.8 Å². The Labute approximate surface area is 213 Å². The number of nitrogens with zero attached hydrogens (tertiary/aromatic N) is 5. The minimum atomic E-state index is -4.70. The Kier molecular flexibility index (Phi) is 8.76. The van der Waals surface area contributed by atoms with Crippen LogP contribution in [-0.2, 0) is 6.18 Å². The molecule has 0 aliphatic carbocycles. The lowest BCUT2D eigenvalue weighted by molar-refractivity contribution is -0.137. The van der Waals surface area contributed by atoms with Gasteiger partial charge in [0, 0.05) is 25.4 Å². The third-order valence-electron chi connectivity index (χ3n) is 4.63. The number of anilines is 2. The first-order chi connectivity index (χ1) is 16.9. The number of nitrogens with one attached hydrogen (secondary N) is 3. The summed E-state index contributed by atoms with van der Waals surface area (Å²) >= 11 is 6.52. The first kappa shape index (κ1) is 27.2. The van der Waals surface area contributed by atoms with Crippen LogP contribution in [0.2, 0.25) is 5.02 Å². The van der Waals surface area contributed by atoms with E-state index in [-0.39, 0.29) is 16.4 Å². The Morgan fingerprint density at radius 2 is 1.83 bits per heavy atom. The number of hydrogen-bond donors (Lipinski definition) is 3. The number of carbonyl (C=O) groups excluding carboxylic acids is 2. The van der Waals surface area contributed by atoms with E-state index in [4.69, 9.17) is 11.6 Å². The van der Waals surface area contributed by atoms with Crippen molar-refractivity contribution in [3.63, 3.8) is 0 Å². The molecule has 1 atom stereocenters. The molecule has 0 bridgehead atoms. The quantitative estimate of drug-likeness (QED) is 0.374. The highest BCUT2D eigenvalue weighted by molar-refractivity contribution is 7.13. The van der Waals surface area contributed by atoms with Crippen molar-refractivity contribution in [2.24, 2.45) is 0 Å². The molecule has 3 aromatic heterocycles. The second-order valence-corrected chi connectivity index (χ2v) is 9.25. The summed E-state index contributed by atoms with van der Waals surface area (Å²) in [7, 11) is 3.88. The van der Waals surface area contributed by atoms with Gasteiger partial charge in [-0.1, -0.05) is 11.6 Å². The van der Waals surface area contributed by atoms with E-state index in [1.54, 1.807) is 6.92 Å². The van der Waals surface area contributed by atoms with Crippen molar-refractivity contribution < 1.29 is 22.8 Å². The van der Waals surface area contributed by atoms with Crippen LogP contribution in [0.4, 0.5) is 24.8 Å². The van der Waals surface area contributed by atoms with E-state index in [1.165, 1.54) is 18.6 Å². The van der Waals surface area contributed by atoms with Gasteiger partial charge in [-0.25, -0.2) is 19.9 Å². The number of carbonyl (C=O) groups is 2. The molecule has 0 saturated heterocycles. The lowest BCUT2D eigenvalue weighted by Crippen LogP contribution is -2.27. The van der Waals surface area contributed by atoms with Crippen molar-refractivity contribution in [1.82, 2.24) is 30.2 Å². The minimum Gasteiger partial charge on any atom is -0.369 e. The fourth-order valence-electron chi connectivity index (χ4n) is 2.81. The maximum Gasteiger partial charge on any atom is 0.418 e. The molecule has 15 heteroatoms. The summed E-state index contributed by atoms with van der Waals surface area (Å²) in [5, 5.41) is 7.97. The lowest BCUT2D eigenvalue weighted by atomic mass is 10.2. The molecule has 192 valence electrons. The Morgan fingerprint density at radius 3 is 2.53 bits per heavy atom. The minimum absolute atomic E-state index is 0.117. The van der Waals surface area contributed by atoms with Crippen molar-refractivity contribution in [1.29, 1.82) is 0 Å². The summed E-state index contributed by atoms with van der Waals surface area (Å²) in [5.41, 5.74) is -0.968. The van der Waals surface area contributed by atoms with Crippen molar-refractivity contribution in [3.05, 3.63) is 57.0 Å². The zero-order valence-corrected chi connectivity index (χ0v) is 20.9. The average Bonchev–Trinajstić information content (AvgIpc) is 3.30. The third-order valence-corrected chi connectivity index (χ3v) is 6.11. The molecule has 3 aromatic rings. The van der Waals surface area contributed by atoms with Gasteiger partial charge < -0.3 is 20.9 Å². The molecular weight excluding hydrogens is 521 g/mol. The van der Waals surface area contributed by atoms with E-state index < -0.39 is 34.6 Å². The molecule has 3 heterocycles. The van der Waals surface area contributed by atoms with Crippen LogP contribution in [0.25, 0.3) is 0 Å². The molecule has 3 N–H and O–H groups in total. The molecule has 2 amide bonds. The van der Waals surface area contributed by atoms with Crippen LogP contribution in [0.5, 0.6) is 0 Å². The van der Waals surface area contributed by atoms with E-state index in [2.05, 4.69) is 35.9 Å². The monoisotopic (exact) mass is 542 g/mol. The second kappa shape index (κ2) is 11.6. The van der Waals surface area contributed by atoms with Crippen molar-refractivity contribution in [2.75, 3.05) is 37.8 Å². The summed E-state index contributed by atoms with van der Waals surface area (Å²) in [5.74, 6) is -0.981. The van der Waals surface area contributed by atoms with Crippen LogP contribution in [0.3, 0.4) is 0 Å². The Hall–Kier alpha value is -3.36. The maximum atomic E-state index is 13.0. The molecule has 0 spiro atoms. The van der Waals surface area contributed by atoms with Crippen LogP contribution in [0, 0.1) is 0 Å². The molecule has 0 fully saturated rings. The Bertz CT molecular complexity index is 1240. The van der Waals surface area contributed by atoms with Crippen molar-refractivity contribution in [2.45, 2.75) is 19.1 Å². The van der Waals surface area contributed by atoms with Gasteiger partial charge in [-0.15, -0.1) is 11.3 Å². The summed E-state index contributed by atoms with van der Waals surface area (Å²) in [6.07, 6.45) is -1.35. The predicted octanol–water partition coefficient (Wildman–Crippen LogP) is 3.72. The molecule has 3 rings (SSSR count). The molecule has 0 aliphatic heterocycles. The number of aromatic nitrogens is 4. The fourth-order valence-corrected chi connectivity index (χ4v) is 3.84. The van der Waals surface area contributed by atoms with Crippen molar-refractivity contribution >= 4 is 46.4 Å². The molecule has 10 nitrogen and oxygen atoms in total.